The zero-order valence-electron chi connectivity index (χ0n) is 19.8. The Morgan fingerprint density at radius 3 is 2.23 bits per heavy atom. The molecule has 31 heavy (non-hydrogen) atoms. The molecule has 6 heteroatoms. The summed E-state index contributed by atoms with van der Waals surface area (Å²) in [6.45, 7) is 13.8. The van der Waals surface area contributed by atoms with Crippen LogP contribution in [0.2, 0.25) is 0 Å². The molecular formula is C25H41N2NaO3. The number of carboxylic acids is 1. The predicted octanol–water partition coefficient (Wildman–Crippen LogP) is 4.99. The number of fused-ring (bicyclic) bond motifs is 1. The van der Waals surface area contributed by atoms with Crippen molar-refractivity contribution in [1.82, 2.24) is 0 Å². The number of carbonyl (C=O) groups is 2. The number of amides is 1. The van der Waals surface area contributed by atoms with E-state index in [1.165, 1.54) is 37.7 Å². The molecule has 0 bridgehead atoms. The van der Waals surface area contributed by atoms with E-state index in [2.05, 4.69) is 17.1 Å². The minimum atomic E-state index is -0.837. The summed E-state index contributed by atoms with van der Waals surface area (Å²) in [5.41, 5.74) is 5.42. The maximum absolute atomic E-state index is 12.8. The van der Waals surface area contributed by atoms with Crippen molar-refractivity contribution in [3.05, 3.63) is 22.3 Å². The van der Waals surface area contributed by atoms with E-state index in [0.29, 0.717) is 0 Å². The Hall–Kier alpha value is -1.04. The third kappa shape index (κ3) is 7.23. The first-order chi connectivity index (χ1) is 14.1. The van der Waals surface area contributed by atoms with Crippen molar-refractivity contribution in [2.24, 2.45) is 5.41 Å². The van der Waals surface area contributed by atoms with E-state index in [1.54, 1.807) is 0 Å². The zero-order valence-corrected chi connectivity index (χ0v) is 19.8. The fraction of sp³-hybridized carbons (Fsp3) is 0.680. The van der Waals surface area contributed by atoms with Crippen LogP contribution in [0, 0.1) is 19.3 Å². The summed E-state index contributed by atoms with van der Waals surface area (Å²) in [6.07, 6.45) is 8.40. The van der Waals surface area contributed by atoms with Crippen LogP contribution >= 0.6 is 0 Å². The first-order valence-electron chi connectivity index (χ1n) is 11.5. The second-order valence-electron chi connectivity index (χ2n) is 9.71. The molecule has 170 valence electrons. The van der Waals surface area contributed by atoms with E-state index in [4.69, 9.17) is 0 Å². The number of rotatable bonds is 10. The topological polar surface area (TPSA) is 69.6 Å². The molecule has 0 radical (unpaired) electrons. The summed E-state index contributed by atoms with van der Waals surface area (Å²) in [5.74, 6) is -0.875. The van der Waals surface area contributed by atoms with E-state index >= 15 is 0 Å². The van der Waals surface area contributed by atoms with Crippen molar-refractivity contribution in [3.8, 4) is 0 Å². The van der Waals surface area contributed by atoms with Crippen LogP contribution in [0.25, 0.3) is 0 Å². The molecule has 0 saturated heterocycles. The van der Waals surface area contributed by atoms with Crippen LogP contribution in [0.5, 0.6) is 0 Å². The monoisotopic (exact) mass is 440 g/mol. The third-order valence-corrected chi connectivity index (χ3v) is 6.23. The van der Waals surface area contributed by atoms with E-state index in [9.17, 15) is 14.7 Å². The number of anilines is 2. The molecule has 0 spiro atoms. The Morgan fingerprint density at radius 2 is 1.65 bits per heavy atom. The second-order valence-corrected chi connectivity index (χ2v) is 9.71. The van der Waals surface area contributed by atoms with E-state index in [-0.39, 0.29) is 41.9 Å². The van der Waals surface area contributed by atoms with Crippen LogP contribution in [0.3, 0.4) is 0 Å². The third-order valence-electron chi connectivity index (χ3n) is 6.23. The molecule has 2 rings (SSSR count). The van der Waals surface area contributed by atoms with Crippen molar-refractivity contribution in [2.75, 3.05) is 23.3 Å². The van der Waals surface area contributed by atoms with Gasteiger partial charge in [0, 0.05) is 18.5 Å². The normalized spacial score (nSPS) is 13.0. The number of hydrogen-bond acceptors (Lipinski definition) is 3. The van der Waals surface area contributed by atoms with E-state index < -0.39 is 11.4 Å². The maximum atomic E-state index is 12.8. The summed E-state index contributed by atoms with van der Waals surface area (Å²) in [7, 11) is 0. The molecule has 1 heterocycles. The number of benzene rings is 1. The summed E-state index contributed by atoms with van der Waals surface area (Å²) in [5, 5.41) is 12.6. The molecule has 2 N–H and O–H groups in total. The molecule has 1 aliphatic rings. The van der Waals surface area contributed by atoms with Gasteiger partial charge in [0.05, 0.1) is 17.8 Å². The molecule has 0 aromatic heterocycles. The van der Waals surface area contributed by atoms with Gasteiger partial charge in [-0.15, -0.1) is 0 Å². The molecular weight excluding hydrogens is 399 g/mol. The van der Waals surface area contributed by atoms with Crippen LogP contribution in [-0.4, -0.2) is 59.6 Å². The first kappa shape index (κ1) is 28.0. The van der Waals surface area contributed by atoms with Crippen LogP contribution in [-0.2, 0) is 22.4 Å². The number of carboxylic acid groups (broad SMARTS) is 1. The number of hydrogen-bond donors (Lipinski definition) is 2. The average molecular weight is 441 g/mol. The van der Waals surface area contributed by atoms with Crippen molar-refractivity contribution in [3.63, 3.8) is 0 Å². The van der Waals surface area contributed by atoms with Gasteiger partial charge in [-0.2, -0.15) is 0 Å². The Kier molecular flexibility index (Phi) is 11.1. The van der Waals surface area contributed by atoms with Gasteiger partial charge in [-0.3, -0.25) is 9.59 Å². The molecule has 0 aliphatic carbocycles. The molecule has 1 aliphatic heterocycles. The molecule has 5 nitrogen and oxygen atoms in total. The van der Waals surface area contributed by atoms with Gasteiger partial charge >= 0.3 is 35.5 Å². The number of aliphatic carboxylic acids is 1. The standard InChI is InChI=1S/C25H40N2O3.Na.H/c1-7-8-9-10-11-12-14-27-15-13-19-17(2)20(16-21(28)29)18(3)22(23(19)27)26-24(30)25(4,5)6;;/h7-16H2,1-6H3,(H,26,30)(H,28,29);;. The van der Waals surface area contributed by atoms with E-state index in [0.717, 1.165) is 54.0 Å². The van der Waals surface area contributed by atoms with Crippen molar-refractivity contribution < 1.29 is 14.7 Å². The zero-order chi connectivity index (χ0) is 22.5. The fourth-order valence-electron chi connectivity index (χ4n) is 4.31. The molecule has 1 amide bonds. The molecule has 1 aromatic carbocycles. The van der Waals surface area contributed by atoms with Crippen molar-refractivity contribution in [1.29, 1.82) is 0 Å². The summed E-state index contributed by atoms with van der Waals surface area (Å²) < 4.78 is 0. The molecule has 0 unspecified atom stereocenters. The number of carbonyl (C=O) groups excluding carboxylic acids is 1. The number of unbranched alkanes of at least 4 members (excludes halogenated alkanes) is 5. The second kappa shape index (κ2) is 12.3. The van der Waals surface area contributed by atoms with Gasteiger partial charge in [0.2, 0.25) is 5.91 Å². The van der Waals surface area contributed by atoms with Crippen LogP contribution < -0.4 is 10.2 Å². The van der Waals surface area contributed by atoms with Gasteiger partial charge in [-0.1, -0.05) is 59.8 Å². The number of nitrogens with zero attached hydrogens (tertiary/aromatic N) is 1. The van der Waals surface area contributed by atoms with Gasteiger partial charge < -0.3 is 15.3 Å². The summed E-state index contributed by atoms with van der Waals surface area (Å²) in [4.78, 5) is 26.7. The summed E-state index contributed by atoms with van der Waals surface area (Å²) >= 11 is 0. The van der Waals surface area contributed by atoms with Gasteiger partial charge in [0.15, 0.2) is 0 Å². The molecule has 0 atom stereocenters. The summed E-state index contributed by atoms with van der Waals surface area (Å²) in [6, 6.07) is 0. The van der Waals surface area contributed by atoms with E-state index in [1.807, 2.05) is 34.6 Å². The van der Waals surface area contributed by atoms with Crippen molar-refractivity contribution >= 4 is 52.8 Å². The van der Waals surface area contributed by atoms with Crippen LogP contribution in [0.4, 0.5) is 11.4 Å². The Bertz CT molecular complexity index is 784. The number of nitrogens with one attached hydrogen (secondary N) is 1. The Labute approximate surface area is 210 Å². The fourth-order valence-corrected chi connectivity index (χ4v) is 4.31. The first-order valence-corrected chi connectivity index (χ1v) is 11.5. The SMILES string of the molecule is CCCCCCCCN1CCc2c(C)c(CC(=O)O)c(C)c(NC(=O)C(C)(C)C)c21.[NaH]. The van der Waals surface area contributed by atoms with Crippen molar-refractivity contribution in [2.45, 2.75) is 92.9 Å². The Balaban J connectivity index is 0.00000480. The van der Waals surface area contributed by atoms with Crippen LogP contribution in [0.15, 0.2) is 0 Å². The minimum absolute atomic E-state index is 0. The molecule has 0 fully saturated rings. The van der Waals surface area contributed by atoms with Gasteiger partial charge in [0.25, 0.3) is 0 Å². The van der Waals surface area contributed by atoms with Gasteiger partial charge in [0.1, 0.15) is 0 Å². The molecule has 1 aromatic rings. The Morgan fingerprint density at radius 1 is 1.03 bits per heavy atom. The van der Waals surface area contributed by atoms with Gasteiger partial charge in [-0.25, -0.2) is 0 Å². The van der Waals surface area contributed by atoms with Gasteiger partial charge in [-0.05, 0) is 48.9 Å². The predicted molar refractivity (Wildman–Crippen MR) is 132 cm³/mol. The van der Waals surface area contributed by atoms with Crippen LogP contribution in [0.1, 0.15) is 88.5 Å². The molecule has 0 saturated carbocycles. The average Bonchev–Trinajstić information content (AvgIpc) is 3.08. The quantitative estimate of drug-likeness (QED) is 0.397.